The SMILES string of the molecule is COc1ccccc1CN(Cc1ccc(F)cc1)Cc1nc(C(=O)N2CCN(C(C)=O)CC2)co1. The topological polar surface area (TPSA) is 79.1 Å². The van der Waals surface area contributed by atoms with Gasteiger partial charge in [-0.3, -0.25) is 14.5 Å². The molecule has 0 N–H and O–H groups in total. The summed E-state index contributed by atoms with van der Waals surface area (Å²) in [6.07, 6.45) is 1.38. The standard InChI is InChI=1S/C26H29FN4O4/c1-19(32)30-11-13-31(14-12-30)26(33)23-18-35-25(28-23)17-29(15-20-7-9-22(27)10-8-20)16-21-5-3-4-6-24(21)34-2/h3-10,18H,11-17H2,1-2H3. The van der Waals surface area contributed by atoms with Crippen molar-refractivity contribution in [2.45, 2.75) is 26.6 Å². The van der Waals surface area contributed by atoms with Gasteiger partial charge in [0.05, 0.1) is 13.7 Å². The van der Waals surface area contributed by atoms with Crippen molar-refractivity contribution in [3.05, 3.63) is 83.3 Å². The first-order chi connectivity index (χ1) is 16.9. The lowest BCUT2D eigenvalue weighted by molar-refractivity contribution is -0.130. The summed E-state index contributed by atoms with van der Waals surface area (Å²) in [7, 11) is 1.63. The maximum Gasteiger partial charge on any atom is 0.275 e. The number of carbonyl (C=O) groups is 2. The van der Waals surface area contributed by atoms with Crippen molar-refractivity contribution in [3.63, 3.8) is 0 Å². The lowest BCUT2D eigenvalue weighted by Gasteiger charge is -2.33. The Kier molecular flexibility index (Phi) is 7.77. The average molecular weight is 481 g/mol. The molecule has 3 aromatic rings. The van der Waals surface area contributed by atoms with Crippen LogP contribution in [0.1, 0.15) is 34.4 Å². The molecule has 2 amide bonds. The molecule has 9 heteroatoms. The number of benzene rings is 2. The van der Waals surface area contributed by atoms with Gasteiger partial charge in [-0.1, -0.05) is 30.3 Å². The van der Waals surface area contributed by atoms with E-state index in [9.17, 15) is 14.0 Å². The van der Waals surface area contributed by atoms with E-state index >= 15 is 0 Å². The molecule has 0 bridgehead atoms. The fourth-order valence-electron chi connectivity index (χ4n) is 4.15. The molecule has 0 atom stereocenters. The van der Waals surface area contributed by atoms with Crippen molar-refractivity contribution < 1.29 is 23.1 Å². The molecule has 0 radical (unpaired) electrons. The van der Waals surface area contributed by atoms with E-state index in [0.29, 0.717) is 51.7 Å². The summed E-state index contributed by atoms with van der Waals surface area (Å²) < 4.78 is 24.6. The van der Waals surface area contributed by atoms with Gasteiger partial charge in [0.1, 0.15) is 17.8 Å². The minimum Gasteiger partial charge on any atom is -0.496 e. The zero-order valence-corrected chi connectivity index (χ0v) is 19.9. The van der Waals surface area contributed by atoms with E-state index in [1.165, 1.54) is 25.3 Å². The average Bonchev–Trinajstić information content (AvgIpc) is 3.33. The Balaban J connectivity index is 1.47. The summed E-state index contributed by atoms with van der Waals surface area (Å²) >= 11 is 0. The smallest absolute Gasteiger partial charge is 0.275 e. The first-order valence-electron chi connectivity index (χ1n) is 11.5. The van der Waals surface area contributed by atoms with Crippen molar-refractivity contribution in [2.75, 3.05) is 33.3 Å². The number of piperazine rings is 1. The minimum absolute atomic E-state index is 0.0112. The molecular formula is C26H29FN4O4. The third-order valence-electron chi connectivity index (χ3n) is 6.05. The summed E-state index contributed by atoms with van der Waals surface area (Å²) in [4.78, 5) is 34.4. The number of amides is 2. The fraction of sp³-hybridized carbons (Fsp3) is 0.346. The van der Waals surface area contributed by atoms with Crippen LogP contribution in [0.4, 0.5) is 4.39 Å². The number of methoxy groups -OCH3 is 1. The molecule has 8 nitrogen and oxygen atoms in total. The first-order valence-corrected chi connectivity index (χ1v) is 11.5. The van der Waals surface area contributed by atoms with Gasteiger partial charge in [-0.05, 0) is 23.8 Å². The van der Waals surface area contributed by atoms with E-state index in [2.05, 4.69) is 9.88 Å². The van der Waals surface area contributed by atoms with E-state index in [-0.39, 0.29) is 23.3 Å². The highest BCUT2D eigenvalue weighted by Crippen LogP contribution is 2.22. The molecule has 184 valence electrons. The number of carbonyl (C=O) groups excluding carboxylic acids is 2. The van der Waals surface area contributed by atoms with E-state index in [4.69, 9.17) is 9.15 Å². The van der Waals surface area contributed by atoms with Gasteiger partial charge in [-0.2, -0.15) is 0 Å². The largest absolute Gasteiger partial charge is 0.496 e. The van der Waals surface area contributed by atoms with Crippen molar-refractivity contribution in [1.82, 2.24) is 19.7 Å². The molecule has 4 rings (SSSR count). The van der Waals surface area contributed by atoms with Crippen molar-refractivity contribution in [3.8, 4) is 5.75 Å². The van der Waals surface area contributed by atoms with Crippen molar-refractivity contribution >= 4 is 11.8 Å². The lowest BCUT2D eigenvalue weighted by atomic mass is 10.1. The van der Waals surface area contributed by atoms with Crippen LogP contribution in [-0.4, -0.2) is 64.8 Å². The van der Waals surface area contributed by atoms with Gasteiger partial charge in [0.2, 0.25) is 11.8 Å². The van der Waals surface area contributed by atoms with Crippen molar-refractivity contribution in [2.24, 2.45) is 0 Å². The number of hydrogen-bond donors (Lipinski definition) is 0. The molecule has 1 aliphatic rings. The molecule has 1 aliphatic heterocycles. The summed E-state index contributed by atoms with van der Waals surface area (Å²) in [6.45, 7) is 4.89. The van der Waals surface area contributed by atoms with Crippen LogP contribution in [0.2, 0.25) is 0 Å². The number of oxazole rings is 1. The zero-order chi connectivity index (χ0) is 24.8. The number of halogens is 1. The van der Waals surface area contributed by atoms with Gasteiger partial charge >= 0.3 is 0 Å². The van der Waals surface area contributed by atoms with Crippen LogP contribution in [0.3, 0.4) is 0 Å². The maximum atomic E-state index is 13.4. The van der Waals surface area contributed by atoms with Gasteiger partial charge in [0, 0.05) is 51.8 Å². The summed E-state index contributed by atoms with van der Waals surface area (Å²) in [6, 6.07) is 14.1. The Morgan fingerprint density at radius 2 is 1.69 bits per heavy atom. The second-order valence-electron chi connectivity index (χ2n) is 8.51. The predicted molar refractivity (Wildman–Crippen MR) is 127 cm³/mol. The minimum atomic E-state index is -0.287. The Hall–Kier alpha value is -3.72. The highest BCUT2D eigenvalue weighted by Gasteiger charge is 2.25. The fourth-order valence-corrected chi connectivity index (χ4v) is 4.15. The van der Waals surface area contributed by atoms with E-state index in [1.807, 2.05) is 24.3 Å². The number of rotatable bonds is 8. The Morgan fingerprint density at radius 1 is 1.00 bits per heavy atom. The van der Waals surface area contributed by atoms with Gasteiger partial charge in [0.25, 0.3) is 5.91 Å². The molecule has 2 aromatic carbocycles. The predicted octanol–water partition coefficient (Wildman–Crippen LogP) is 3.33. The van der Waals surface area contributed by atoms with E-state index in [0.717, 1.165) is 16.9 Å². The monoisotopic (exact) mass is 480 g/mol. The van der Waals surface area contributed by atoms with Gasteiger partial charge < -0.3 is 19.0 Å². The first kappa shape index (κ1) is 24.4. The van der Waals surface area contributed by atoms with Gasteiger partial charge in [-0.15, -0.1) is 0 Å². The Labute approximate surface area is 203 Å². The third-order valence-corrected chi connectivity index (χ3v) is 6.05. The number of ether oxygens (including phenoxy) is 1. The van der Waals surface area contributed by atoms with Crippen LogP contribution in [0.5, 0.6) is 5.75 Å². The van der Waals surface area contributed by atoms with Crippen LogP contribution >= 0.6 is 0 Å². The normalized spacial score (nSPS) is 13.8. The van der Waals surface area contributed by atoms with Crippen LogP contribution in [0.15, 0.2) is 59.2 Å². The van der Waals surface area contributed by atoms with Crippen LogP contribution in [-0.2, 0) is 24.4 Å². The highest BCUT2D eigenvalue weighted by molar-refractivity contribution is 5.92. The van der Waals surface area contributed by atoms with Crippen molar-refractivity contribution in [1.29, 1.82) is 0 Å². The maximum absolute atomic E-state index is 13.4. The number of aromatic nitrogens is 1. The summed E-state index contributed by atoms with van der Waals surface area (Å²) in [5, 5.41) is 0. The van der Waals surface area contributed by atoms with E-state index < -0.39 is 0 Å². The second-order valence-corrected chi connectivity index (χ2v) is 8.51. The van der Waals surface area contributed by atoms with Crippen LogP contribution in [0.25, 0.3) is 0 Å². The van der Waals surface area contributed by atoms with Gasteiger partial charge in [-0.25, -0.2) is 9.37 Å². The summed E-state index contributed by atoms with van der Waals surface area (Å²) in [5.74, 6) is 0.692. The Bertz CT molecular complexity index is 1160. The quantitative estimate of drug-likeness (QED) is 0.492. The number of nitrogens with zero attached hydrogens (tertiary/aromatic N) is 4. The Morgan fingerprint density at radius 3 is 2.37 bits per heavy atom. The third kappa shape index (κ3) is 6.24. The zero-order valence-electron chi connectivity index (χ0n) is 19.9. The van der Waals surface area contributed by atoms with Crippen LogP contribution < -0.4 is 4.74 Å². The molecule has 2 heterocycles. The second kappa shape index (κ2) is 11.1. The molecular weight excluding hydrogens is 451 g/mol. The molecule has 1 saturated heterocycles. The number of para-hydroxylation sites is 1. The molecule has 0 aliphatic carbocycles. The van der Waals surface area contributed by atoms with E-state index in [1.54, 1.807) is 29.0 Å². The number of hydrogen-bond acceptors (Lipinski definition) is 6. The van der Waals surface area contributed by atoms with Crippen LogP contribution in [0, 0.1) is 5.82 Å². The molecule has 1 fully saturated rings. The molecule has 0 saturated carbocycles. The highest BCUT2D eigenvalue weighted by atomic mass is 19.1. The molecule has 0 spiro atoms. The molecule has 35 heavy (non-hydrogen) atoms. The lowest BCUT2D eigenvalue weighted by Crippen LogP contribution is -2.50. The molecule has 1 aromatic heterocycles. The molecule has 0 unspecified atom stereocenters. The summed E-state index contributed by atoms with van der Waals surface area (Å²) in [5.41, 5.74) is 2.17. The van der Waals surface area contributed by atoms with Gasteiger partial charge in [0.15, 0.2) is 5.69 Å².